The molecule has 3 aromatic rings. The standard InChI is InChI=1S/C16H15NS.C2H6/c1-10-4-7-13(8-5-10)16-17-14-9-6-11(2)12(3)15(14)18-16;1-2/h4-9H,1-3H3;1-2H3. The number of fused-ring (bicyclic) bond motifs is 1. The van der Waals surface area contributed by atoms with Gasteiger partial charge in [0.2, 0.25) is 0 Å². The second kappa shape index (κ2) is 6.19. The maximum atomic E-state index is 4.73. The third-order valence-corrected chi connectivity index (χ3v) is 4.61. The molecule has 2 heteroatoms. The Labute approximate surface area is 125 Å². The Balaban J connectivity index is 0.000000704. The highest BCUT2D eigenvalue weighted by Gasteiger charge is 2.08. The van der Waals surface area contributed by atoms with Gasteiger partial charge in [0.15, 0.2) is 0 Å². The van der Waals surface area contributed by atoms with Crippen molar-refractivity contribution in [2.24, 2.45) is 0 Å². The first kappa shape index (κ1) is 14.7. The molecule has 0 aliphatic heterocycles. The first-order valence-corrected chi connectivity index (χ1v) is 7.90. The molecule has 0 saturated carbocycles. The number of aryl methyl sites for hydroxylation is 3. The van der Waals surface area contributed by atoms with E-state index in [1.165, 1.54) is 27.0 Å². The minimum Gasteiger partial charge on any atom is -0.236 e. The van der Waals surface area contributed by atoms with E-state index in [1.807, 2.05) is 13.8 Å². The summed E-state index contributed by atoms with van der Waals surface area (Å²) in [6.07, 6.45) is 0. The molecule has 0 aliphatic carbocycles. The van der Waals surface area contributed by atoms with Gasteiger partial charge in [-0.1, -0.05) is 49.7 Å². The third kappa shape index (κ3) is 2.75. The summed E-state index contributed by atoms with van der Waals surface area (Å²) in [6.45, 7) is 10.4. The topological polar surface area (TPSA) is 12.9 Å². The summed E-state index contributed by atoms with van der Waals surface area (Å²) in [4.78, 5) is 4.73. The van der Waals surface area contributed by atoms with Gasteiger partial charge in [-0.15, -0.1) is 11.3 Å². The molecular weight excluding hydrogens is 262 g/mol. The highest BCUT2D eigenvalue weighted by molar-refractivity contribution is 7.21. The Kier molecular flexibility index (Phi) is 4.56. The van der Waals surface area contributed by atoms with Crippen molar-refractivity contribution in [3.8, 4) is 10.6 Å². The van der Waals surface area contributed by atoms with Gasteiger partial charge in [0, 0.05) is 5.56 Å². The average Bonchev–Trinajstić information content (AvgIpc) is 2.91. The third-order valence-electron chi connectivity index (χ3n) is 3.38. The summed E-state index contributed by atoms with van der Waals surface area (Å²) >= 11 is 1.79. The van der Waals surface area contributed by atoms with Crippen LogP contribution >= 0.6 is 11.3 Å². The number of nitrogens with zero attached hydrogens (tertiary/aromatic N) is 1. The zero-order valence-corrected chi connectivity index (χ0v) is 13.6. The van der Waals surface area contributed by atoms with E-state index in [1.54, 1.807) is 11.3 Å². The van der Waals surface area contributed by atoms with Gasteiger partial charge < -0.3 is 0 Å². The summed E-state index contributed by atoms with van der Waals surface area (Å²) in [5.41, 5.74) is 6.29. The van der Waals surface area contributed by atoms with Crippen LogP contribution in [0, 0.1) is 20.8 Å². The Morgan fingerprint density at radius 2 is 1.50 bits per heavy atom. The molecule has 0 atom stereocenters. The van der Waals surface area contributed by atoms with E-state index in [9.17, 15) is 0 Å². The number of hydrogen-bond acceptors (Lipinski definition) is 2. The molecule has 0 fully saturated rings. The van der Waals surface area contributed by atoms with Crippen LogP contribution in [0.15, 0.2) is 36.4 Å². The molecule has 1 aromatic heterocycles. The molecule has 0 N–H and O–H groups in total. The lowest BCUT2D eigenvalue weighted by atomic mass is 10.1. The van der Waals surface area contributed by atoms with Gasteiger partial charge in [-0.3, -0.25) is 0 Å². The van der Waals surface area contributed by atoms with E-state index < -0.39 is 0 Å². The molecule has 1 heterocycles. The zero-order valence-electron chi connectivity index (χ0n) is 12.8. The highest BCUT2D eigenvalue weighted by Crippen LogP contribution is 2.33. The Bertz CT molecular complexity index is 708. The average molecular weight is 283 g/mol. The Morgan fingerprint density at radius 3 is 2.15 bits per heavy atom. The normalized spacial score (nSPS) is 10.2. The van der Waals surface area contributed by atoms with E-state index in [-0.39, 0.29) is 0 Å². The number of rotatable bonds is 1. The van der Waals surface area contributed by atoms with Crippen LogP contribution in [0.3, 0.4) is 0 Å². The van der Waals surface area contributed by atoms with Crippen molar-refractivity contribution in [1.82, 2.24) is 4.98 Å². The molecule has 3 rings (SSSR count). The van der Waals surface area contributed by atoms with Crippen molar-refractivity contribution in [2.45, 2.75) is 34.6 Å². The number of benzene rings is 2. The monoisotopic (exact) mass is 283 g/mol. The highest BCUT2D eigenvalue weighted by atomic mass is 32.1. The van der Waals surface area contributed by atoms with E-state index in [4.69, 9.17) is 4.98 Å². The lowest BCUT2D eigenvalue weighted by Gasteiger charge is -1.98. The maximum Gasteiger partial charge on any atom is 0.124 e. The fourth-order valence-corrected chi connectivity index (χ4v) is 3.16. The molecule has 0 saturated heterocycles. The van der Waals surface area contributed by atoms with Crippen LogP contribution in [0.4, 0.5) is 0 Å². The number of thiazole rings is 1. The number of aromatic nitrogens is 1. The first-order valence-electron chi connectivity index (χ1n) is 7.09. The van der Waals surface area contributed by atoms with Crippen LogP contribution in [-0.2, 0) is 0 Å². The molecule has 20 heavy (non-hydrogen) atoms. The predicted octanol–water partition coefficient (Wildman–Crippen LogP) is 5.91. The fourth-order valence-electron chi connectivity index (χ4n) is 2.04. The summed E-state index contributed by atoms with van der Waals surface area (Å²) < 4.78 is 1.31. The smallest absolute Gasteiger partial charge is 0.124 e. The van der Waals surface area contributed by atoms with Gasteiger partial charge in [-0.2, -0.15) is 0 Å². The van der Waals surface area contributed by atoms with E-state index in [0.29, 0.717) is 0 Å². The number of hydrogen-bond donors (Lipinski definition) is 0. The van der Waals surface area contributed by atoms with Gasteiger partial charge in [-0.25, -0.2) is 4.98 Å². The van der Waals surface area contributed by atoms with Crippen LogP contribution in [0.5, 0.6) is 0 Å². The molecule has 0 spiro atoms. The van der Waals surface area contributed by atoms with Crippen LogP contribution < -0.4 is 0 Å². The lowest BCUT2D eigenvalue weighted by molar-refractivity contribution is 1.37. The first-order chi connectivity index (χ1) is 9.65. The minimum atomic E-state index is 1.11. The van der Waals surface area contributed by atoms with Gasteiger partial charge in [0.05, 0.1) is 10.2 Å². The molecule has 1 nitrogen and oxygen atoms in total. The van der Waals surface area contributed by atoms with Crippen molar-refractivity contribution < 1.29 is 0 Å². The van der Waals surface area contributed by atoms with Gasteiger partial charge in [-0.05, 0) is 38.0 Å². The lowest BCUT2D eigenvalue weighted by Crippen LogP contribution is -1.79. The summed E-state index contributed by atoms with van der Waals surface area (Å²) in [5.74, 6) is 0. The van der Waals surface area contributed by atoms with E-state index in [2.05, 4.69) is 57.2 Å². The molecule has 0 radical (unpaired) electrons. The molecule has 2 aromatic carbocycles. The van der Waals surface area contributed by atoms with Crippen LogP contribution in [0.25, 0.3) is 20.8 Å². The molecule has 0 amide bonds. The molecule has 0 unspecified atom stereocenters. The van der Waals surface area contributed by atoms with Gasteiger partial charge >= 0.3 is 0 Å². The summed E-state index contributed by atoms with van der Waals surface area (Å²) in [5, 5.41) is 1.11. The summed E-state index contributed by atoms with van der Waals surface area (Å²) in [6, 6.07) is 12.8. The predicted molar refractivity (Wildman–Crippen MR) is 90.6 cm³/mol. The molecule has 0 bridgehead atoms. The molecule has 104 valence electrons. The Hall–Kier alpha value is -1.67. The van der Waals surface area contributed by atoms with Crippen molar-refractivity contribution in [2.75, 3.05) is 0 Å². The SMILES string of the molecule is CC.Cc1ccc(-c2nc3ccc(C)c(C)c3s2)cc1. The van der Waals surface area contributed by atoms with Crippen molar-refractivity contribution in [1.29, 1.82) is 0 Å². The van der Waals surface area contributed by atoms with Crippen molar-refractivity contribution >= 4 is 21.6 Å². The summed E-state index contributed by atoms with van der Waals surface area (Å²) in [7, 11) is 0. The quantitative estimate of drug-likeness (QED) is 0.540. The molecule has 0 aliphatic rings. The largest absolute Gasteiger partial charge is 0.236 e. The van der Waals surface area contributed by atoms with E-state index in [0.717, 1.165) is 10.5 Å². The Morgan fingerprint density at radius 1 is 0.850 bits per heavy atom. The molecular formula is C18H21NS. The second-order valence-corrected chi connectivity index (χ2v) is 5.74. The fraction of sp³-hybridized carbons (Fsp3) is 0.278. The van der Waals surface area contributed by atoms with Crippen LogP contribution in [-0.4, -0.2) is 4.98 Å². The van der Waals surface area contributed by atoms with Crippen LogP contribution in [0.2, 0.25) is 0 Å². The van der Waals surface area contributed by atoms with Crippen LogP contribution in [0.1, 0.15) is 30.5 Å². The second-order valence-electron chi connectivity index (χ2n) is 4.74. The van der Waals surface area contributed by atoms with Crippen molar-refractivity contribution in [3.05, 3.63) is 53.1 Å². The zero-order chi connectivity index (χ0) is 14.7. The van der Waals surface area contributed by atoms with Crippen molar-refractivity contribution in [3.63, 3.8) is 0 Å². The van der Waals surface area contributed by atoms with Gasteiger partial charge in [0.1, 0.15) is 5.01 Å². The van der Waals surface area contributed by atoms with E-state index >= 15 is 0 Å². The van der Waals surface area contributed by atoms with Gasteiger partial charge in [0.25, 0.3) is 0 Å². The maximum absolute atomic E-state index is 4.73. The minimum absolute atomic E-state index is 1.11.